The molecule has 0 amide bonds. The molecule has 0 heterocycles. The molecule has 1 N–H and O–H groups in total. The quantitative estimate of drug-likeness (QED) is 0.795. The third kappa shape index (κ3) is 4.36. The lowest BCUT2D eigenvalue weighted by atomic mass is 10.0. The summed E-state index contributed by atoms with van der Waals surface area (Å²) in [5.74, 6) is 0. The first-order chi connectivity index (χ1) is 11.1. The van der Waals surface area contributed by atoms with E-state index in [9.17, 15) is 18.3 Å². The fraction of sp³-hybridized carbons (Fsp3) is 0.263. The molecular formula is C19H21F3OSi. The molecule has 0 fully saturated rings. The molecule has 0 saturated heterocycles. The van der Waals surface area contributed by atoms with Crippen LogP contribution in [0.3, 0.4) is 0 Å². The van der Waals surface area contributed by atoms with Gasteiger partial charge >= 0.3 is 6.18 Å². The van der Waals surface area contributed by atoms with Crippen LogP contribution in [0.1, 0.15) is 17.2 Å². The predicted octanol–water partition coefficient (Wildman–Crippen LogP) is 4.67. The molecule has 0 aliphatic rings. The average Bonchev–Trinajstić information content (AvgIpc) is 2.52. The molecule has 0 aliphatic heterocycles. The smallest absolute Gasteiger partial charge is 0.384 e. The van der Waals surface area contributed by atoms with Crippen molar-refractivity contribution >= 4 is 13.3 Å². The Morgan fingerprint density at radius 2 is 1.54 bits per heavy atom. The molecule has 0 bridgehead atoms. The van der Waals surface area contributed by atoms with Crippen LogP contribution in [0, 0.1) is 6.92 Å². The molecule has 24 heavy (non-hydrogen) atoms. The minimum Gasteiger partial charge on any atom is -0.384 e. The summed E-state index contributed by atoms with van der Waals surface area (Å²) in [4.78, 5) is 0. The topological polar surface area (TPSA) is 20.2 Å². The first-order valence-electron chi connectivity index (χ1n) is 7.71. The molecule has 5 heteroatoms. The fourth-order valence-electron chi connectivity index (χ4n) is 2.58. The number of alkyl halides is 3. The number of aliphatic hydroxyl groups excluding tert-OH is 1. The van der Waals surface area contributed by atoms with Crippen LogP contribution in [0.4, 0.5) is 13.2 Å². The molecule has 2 aromatic carbocycles. The Kier molecular flexibility index (Phi) is 5.35. The summed E-state index contributed by atoms with van der Waals surface area (Å²) in [5.41, 5.74) is 1.56. The van der Waals surface area contributed by atoms with Crippen molar-refractivity contribution in [1.29, 1.82) is 0 Å². The van der Waals surface area contributed by atoms with Crippen LogP contribution in [-0.2, 0) is 0 Å². The summed E-state index contributed by atoms with van der Waals surface area (Å²) < 4.78 is 40.7. The minimum atomic E-state index is -4.58. The molecule has 1 nitrogen and oxygen atoms in total. The van der Waals surface area contributed by atoms with E-state index < -0.39 is 25.9 Å². The second-order valence-corrected chi connectivity index (χ2v) is 10.8. The van der Waals surface area contributed by atoms with Crippen LogP contribution in [0.15, 0.2) is 65.9 Å². The molecule has 2 aromatic rings. The van der Waals surface area contributed by atoms with Crippen molar-refractivity contribution in [2.24, 2.45) is 0 Å². The van der Waals surface area contributed by atoms with Crippen LogP contribution in [0.5, 0.6) is 0 Å². The highest BCUT2D eigenvalue weighted by atomic mass is 28.3. The van der Waals surface area contributed by atoms with E-state index in [1.54, 1.807) is 12.1 Å². The van der Waals surface area contributed by atoms with Gasteiger partial charge in [-0.05, 0) is 12.5 Å². The van der Waals surface area contributed by atoms with E-state index >= 15 is 0 Å². The molecule has 0 saturated carbocycles. The summed E-state index contributed by atoms with van der Waals surface area (Å²) in [5, 5.41) is 11.2. The van der Waals surface area contributed by atoms with Crippen LogP contribution < -0.4 is 5.19 Å². The van der Waals surface area contributed by atoms with Crippen molar-refractivity contribution in [2.75, 3.05) is 0 Å². The standard InChI is InChI=1S/C19H21F3OSi/c1-14-9-11-15(12-10-14)18(23)17(19(20,21)22)13-24(2,3)16-7-5-4-6-8-16/h4-13,18,23H,1-3H3/b17-13-. The first-order valence-corrected chi connectivity index (χ1v) is 10.8. The van der Waals surface area contributed by atoms with Gasteiger partial charge in [0.05, 0.1) is 5.57 Å². The lowest BCUT2D eigenvalue weighted by molar-refractivity contribution is -0.105. The summed E-state index contributed by atoms with van der Waals surface area (Å²) in [7, 11) is -2.50. The molecule has 1 atom stereocenters. The first kappa shape index (κ1) is 18.5. The molecule has 0 radical (unpaired) electrons. The maximum Gasteiger partial charge on any atom is 0.414 e. The normalized spacial score (nSPS) is 14.5. The Morgan fingerprint density at radius 3 is 2.04 bits per heavy atom. The summed E-state index contributed by atoms with van der Waals surface area (Å²) in [6.45, 7) is 5.54. The second kappa shape index (κ2) is 6.95. The highest BCUT2D eigenvalue weighted by Crippen LogP contribution is 2.36. The predicted molar refractivity (Wildman–Crippen MR) is 93.8 cm³/mol. The average molecular weight is 350 g/mol. The highest BCUT2D eigenvalue weighted by Gasteiger charge is 2.40. The Morgan fingerprint density at radius 1 is 1.00 bits per heavy atom. The summed E-state index contributed by atoms with van der Waals surface area (Å²) in [6.07, 6.45) is -6.26. The zero-order valence-electron chi connectivity index (χ0n) is 13.9. The number of aliphatic hydroxyl groups is 1. The summed E-state index contributed by atoms with van der Waals surface area (Å²) in [6, 6.07) is 15.6. The second-order valence-electron chi connectivity index (χ2n) is 6.50. The highest BCUT2D eigenvalue weighted by molar-refractivity contribution is 6.94. The lowest BCUT2D eigenvalue weighted by Crippen LogP contribution is -2.41. The number of halogens is 3. The van der Waals surface area contributed by atoms with Gasteiger partial charge in [-0.15, -0.1) is 0 Å². The van der Waals surface area contributed by atoms with E-state index in [1.165, 1.54) is 17.8 Å². The van der Waals surface area contributed by atoms with Crippen LogP contribution in [-0.4, -0.2) is 19.4 Å². The van der Waals surface area contributed by atoms with Crippen LogP contribution in [0.2, 0.25) is 13.1 Å². The van der Waals surface area contributed by atoms with Crippen molar-refractivity contribution in [2.45, 2.75) is 32.3 Å². The fourth-order valence-corrected chi connectivity index (χ4v) is 4.90. The van der Waals surface area contributed by atoms with E-state index in [2.05, 4.69) is 0 Å². The van der Waals surface area contributed by atoms with Crippen molar-refractivity contribution in [3.8, 4) is 0 Å². The molecule has 1 unspecified atom stereocenters. The van der Waals surface area contributed by atoms with E-state index in [4.69, 9.17) is 0 Å². The molecule has 0 aliphatic carbocycles. The largest absolute Gasteiger partial charge is 0.414 e. The Balaban J connectivity index is 2.47. The zero-order valence-corrected chi connectivity index (χ0v) is 14.9. The maximum absolute atomic E-state index is 13.6. The Bertz CT molecular complexity index is 704. The van der Waals surface area contributed by atoms with Crippen LogP contribution in [0.25, 0.3) is 0 Å². The van der Waals surface area contributed by atoms with Crippen LogP contribution >= 0.6 is 0 Å². The number of aryl methyl sites for hydroxylation is 1. The van der Waals surface area contributed by atoms with Crippen molar-refractivity contribution in [3.05, 3.63) is 77.0 Å². The van der Waals surface area contributed by atoms with Gasteiger partial charge in [-0.25, -0.2) is 0 Å². The van der Waals surface area contributed by atoms with Gasteiger partial charge in [0.25, 0.3) is 0 Å². The Hall–Kier alpha value is -1.85. The van der Waals surface area contributed by atoms with Gasteiger partial charge in [0.2, 0.25) is 0 Å². The van der Waals surface area contributed by atoms with Crippen molar-refractivity contribution in [1.82, 2.24) is 0 Å². The molecular weight excluding hydrogens is 329 g/mol. The Labute approximate surface area is 141 Å². The minimum absolute atomic E-state index is 0.252. The summed E-state index contributed by atoms with van der Waals surface area (Å²) >= 11 is 0. The number of rotatable bonds is 4. The number of hydrogen-bond acceptors (Lipinski definition) is 1. The van der Waals surface area contributed by atoms with Gasteiger partial charge in [0, 0.05) is 0 Å². The number of benzene rings is 2. The van der Waals surface area contributed by atoms with Gasteiger partial charge in [-0.2, -0.15) is 13.2 Å². The molecule has 128 valence electrons. The van der Waals surface area contributed by atoms with Gasteiger partial charge in [0.15, 0.2) is 0 Å². The van der Waals surface area contributed by atoms with E-state index in [0.29, 0.717) is 0 Å². The monoisotopic (exact) mass is 350 g/mol. The lowest BCUT2D eigenvalue weighted by Gasteiger charge is -2.25. The van der Waals surface area contributed by atoms with E-state index in [1.807, 2.05) is 50.3 Å². The maximum atomic E-state index is 13.6. The van der Waals surface area contributed by atoms with E-state index in [0.717, 1.165) is 10.8 Å². The van der Waals surface area contributed by atoms with Gasteiger partial charge in [-0.1, -0.05) is 84.1 Å². The molecule has 0 spiro atoms. The molecule has 2 rings (SSSR count). The van der Waals surface area contributed by atoms with Gasteiger partial charge in [-0.3, -0.25) is 0 Å². The molecule has 0 aromatic heterocycles. The van der Waals surface area contributed by atoms with Crippen molar-refractivity contribution < 1.29 is 18.3 Å². The number of hydrogen-bond donors (Lipinski definition) is 1. The SMILES string of the molecule is Cc1ccc(C(O)/C(=C/[Si](C)(C)c2ccccc2)C(F)(F)F)cc1. The van der Waals surface area contributed by atoms with Gasteiger partial charge < -0.3 is 5.11 Å². The third-order valence-corrected chi connectivity index (χ3v) is 6.90. The van der Waals surface area contributed by atoms with E-state index in [-0.39, 0.29) is 5.56 Å². The van der Waals surface area contributed by atoms with Gasteiger partial charge in [0.1, 0.15) is 14.2 Å². The third-order valence-electron chi connectivity index (χ3n) is 4.05. The van der Waals surface area contributed by atoms with Crippen molar-refractivity contribution in [3.63, 3.8) is 0 Å². The zero-order chi connectivity index (χ0) is 18.0.